The van der Waals surface area contributed by atoms with E-state index in [-0.39, 0.29) is 49.2 Å². The maximum absolute atomic E-state index is 12.7. The number of hydrogen-bond acceptors (Lipinski definition) is 12. The Hall–Kier alpha value is -5.19. The highest BCUT2D eigenvalue weighted by atomic mass is 32.2. The third kappa shape index (κ3) is 19.0. The van der Waals surface area contributed by atoms with Crippen LogP contribution in [-0.2, 0) is 43.2 Å². The van der Waals surface area contributed by atoms with Gasteiger partial charge in [-0.25, -0.2) is 10.3 Å². The number of hydroxylamine groups is 1. The van der Waals surface area contributed by atoms with Gasteiger partial charge in [0.05, 0.1) is 38.1 Å². The molecule has 2 rings (SSSR count). The van der Waals surface area contributed by atoms with Crippen LogP contribution in [0.3, 0.4) is 0 Å². The maximum atomic E-state index is 12.7. The SMILES string of the molecule is CC(C)CC(CC(=O)NO)C(=O)NCC(=O)N[C@@H](CC(N)=O)C(=O)NCC(=O)NCC(=O)N[C@@H](CCCCNC(=O)CCCC[C@@H]1SC[C@@H]2NC(=O)N[C@@H]21)C(N)=O. The fraction of sp³-hybridized carbons (Fsp3) is 0.706. The molecule has 2 saturated heterocycles. The van der Waals surface area contributed by atoms with Crippen LogP contribution < -0.4 is 59.5 Å². The van der Waals surface area contributed by atoms with Gasteiger partial charge < -0.3 is 54.0 Å². The van der Waals surface area contributed by atoms with E-state index >= 15 is 0 Å². The molecule has 11 amide bonds. The van der Waals surface area contributed by atoms with Crippen LogP contribution in [0.5, 0.6) is 0 Å². The Kier molecular flexibility index (Phi) is 21.2. The fourth-order valence-corrected chi connectivity index (χ4v) is 7.76. The summed E-state index contributed by atoms with van der Waals surface area (Å²) >= 11 is 1.83. The van der Waals surface area contributed by atoms with Gasteiger partial charge in [-0.15, -0.1) is 0 Å². The molecule has 22 nitrogen and oxygen atoms in total. The maximum Gasteiger partial charge on any atom is 0.315 e. The van der Waals surface area contributed by atoms with Crippen molar-refractivity contribution >= 4 is 71.0 Å². The van der Waals surface area contributed by atoms with Crippen LogP contribution in [0.2, 0.25) is 0 Å². The number of thioether (sulfide) groups is 1. The van der Waals surface area contributed by atoms with Crippen LogP contribution in [0, 0.1) is 11.8 Å². The number of carbonyl (C=O) groups excluding carboxylic acids is 10. The highest BCUT2D eigenvalue weighted by Gasteiger charge is 2.42. The number of carbonyl (C=O) groups is 10. The largest absolute Gasteiger partial charge is 0.370 e. The van der Waals surface area contributed by atoms with Crippen molar-refractivity contribution in [1.29, 1.82) is 0 Å². The summed E-state index contributed by atoms with van der Waals surface area (Å²) in [5.41, 5.74) is 12.1. The molecule has 2 aliphatic rings. The van der Waals surface area contributed by atoms with Crippen LogP contribution in [-0.4, -0.2) is 126 Å². The molecule has 6 atom stereocenters. The summed E-state index contributed by atoms with van der Waals surface area (Å²) < 4.78 is 0. The van der Waals surface area contributed by atoms with Crippen molar-refractivity contribution < 1.29 is 53.2 Å². The predicted octanol–water partition coefficient (Wildman–Crippen LogP) is -3.76. The number of hydrogen-bond donors (Lipinski definition) is 12. The summed E-state index contributed by atoms with van der Waals surface area (Å²) in [5, 5.41) is 29.3. The molecule has 320 valence electrons. The number of urea groups is 1. The van der Waals surface area contributed by atoms with Gasteiger partial charge in [-0.2, -0.15) is 11.8 Å². The molecular weight excluding hydrogens is 771 g/mol. The fourth-order valence-electron chi connectivity index (χ4n) is 6.22. The van der Waals surface area contributed by atoms with E-state index in [4.69, 9.17) is 16.7 Å². The van der Waals surface area contributed by atoms with Crippen LogP contribution >= 0.6 is 11.8 Å². The molecule has 0 radical (unpaired) electrons. The number of nitrogens with two attached hydrogens (primary N) is 2. The van der Waals surface area contributed by atoms with Gasteiger partial charge in [0.15, 0.2) is 0 Å². The Labute approximate surface area is 334 Å². The summed E-state index contributed by atoms with van der Waals surface area (Å²) in [7, 11) is 0. The van der Waals surface area contributed by atoms with E-state index in [1.165, 1.54) is 5.48 Å². The molecule has 0 saturated carbocycles. The minimum Gasteiger partial charge on any atom is -0.370 e. The number of rotatable bonds is 27. The lowest BCUT2D eigenvalue weighted by Gasteiger charge is -2.19. The zero-order chi connectivity index (χ0) is 42.5. The van der Waals surface area contributed by atoms with Crippen molar-refractivity contribution in [1.82, 2.24) is 48.0 Å². The van der Waals surface area contributed by atoms with E-state index < -0.39 is 91.3 Å². The van der Waals surface area contributed by atoms with Gasteiger partial charge in [-0.3, -0.25) is 48.4 Å². The van der Waals surface area contributed by atoms with E-state index in [9.17, 15) is 47.9 Å². The quantitative estimate of drug-likeness (QED) is 0.0164. The molecule has 23 heteroatoms. The van der Waals surface area contributed by atoms with Gasteiger partial charge in [0.2, 0.25) is 53.2 Å². The van der Waals surface area contributed by atoms with Crippen LogP contribution in [0.4, 0.5) is 4.79 Å². The molecule has 0 aromatic carbocycles. The molecule has 0 spiro atoms. The Morgan fingerprint density at radius 2 is 1.40 bits per heavy atom. The molecule has 2 heterocycles. The minimum absolute atomic E-state index is 0.00661. The van der Waals surface area contributed by atoms with Crippen LogP contribution in [0.15, 0.2) is 0 Å². The highest BCUT2D eigenvalue weighted by Crippen LogP contribution is 2.33. The van der Waals surface area contributed by atoms with Crippen molar-refractivity contribution in [3.63, 3.8) is 0 Å². The predicted molar refractivity (Wildman–Crippen MR) is 204 cm³/mol. The topological polar surface area (TPSA) is 351 Å². The van der Waals surface area contributed by atoms with E-state index in [1.54, 1.807) is 0 Å². The first-order valence-corrected chi connectivity index (χ1v) is 19.9. The first kappa shape index (κ1) is 48.0. The second-order valence-electron chi connectivity index (χ2n) is 14.3. The molecule has 0 aliphatic carbocycles. The second kappa shape index (κ2) is 25.1. The van der Waals surface area contributed by atoms with Gasteiger partial charge >= 0.3 is 6.03 Å². The number of primary amides is 2. The highest BCUT2D eigenvalue weighted by molar-refractivity contribution is 8.00. The summed E-state index contributed by atoms with van der Waals surface area (Å²) in [4.78, 5) is 121. The summed E-state index contributed by atoms with van der Waals surface area (Å²) in [5.74, 6) is -6.67. The van der Waals surface area contributed by atoms with Crippen molar-refractivity contribution in [3.05, 3.63) is 0 Å². The zero-order valence-corrected chi connectivity index (χ0v) is 33.1. The van der Waals surface area contributed by atoms with Crippen molar-refractivity contribution in [3.8, 4) is 0 Å². The molecule has 57 heavy (non-hydrogen) atoms. The number of amides is 11. The van der Waals surface area contributed by atoms with Crippen molar-refractivity contribution in [2.75, 3.05) is 31.9 Å². The van der Waals surface area contributed by atoms with E-state index in [1.807, 2.05) is 25.6 Å². The molecule has 1 unspecified atom stereocenters. The molecule has 14 N–H and O–H groups in total. The van der Waals surface area contributed by atoms with Gasteiger partial charge in [0.1, 0.15) is 12.1 Å². The van der Waals surface area contributed by atoms with Gasteiger partial charge in [0, 0.05) is 36.3 Å². The molecular formula is C34H57N11O11S. The Morgan fingerprint density at radius 3 is 2.05 bits per heavy atom. The van der Waals surface area contributed by atoms with Crippen LogP contribution in [0.1, 0.15) is 78.1 Å². The number of unbranched alkanes of at least 4 members (excludes halogenated alkanes) is 2. The zero-order valence-electron chi connectivity index (χ0n) is 32.2. The van der Waals surface area contributed by atoms with Crippen molar-refractivity contribution in [2.45, 2.75) is 107 Å². The van der Waals surface area contributed by atoms with Crippen LogP contribution in [0.25, 0.3) is 0 Å². The minimum atomic E-state index is -1.52. The van der Waals surface area contributed by atoms with E-state index in [2.05, 4.69) is 42.5 Å². The molecule has 2 aliphatic heterocycles. The second-order valence-corrected chi connectivity index (χ2v) is 15.6. The van der Waals surface area contributed by atoms with Gasteiger partial charge in [-0.1, -0.05) is 20.3 Å². The first-order chi connectivity index (χ1) is 27.0. The van der Waals surface area contributed by atoms with E-state index in [0.29, 0.717) is 37.5 Å². The standard InChI is InChI=1S/C34H57N11O11S/c1-18(2)11-19(12-26(48)45-56)32(53)39-16-29(51)42-21(13-24(35)46)33(54)40-14-27(49)38-15-28(50)41-20(31(36)52)7-5-6-10-37-25(47)9-4-3-8-23-30-22(17-57-23)43-34(55)44-30/h18-23,30,56H,3-17H2,1-2H3,(H2,35,46)(H2,36,52)(H,37,47)(H,38,49)(H,39,53)(H,40,54)(H,41,50)(H,42,51)(H,45,48)(H2,43,44,55)/t19?,20-,21-,22-,23-,30-/m0/s1. The Balaban J connectivity index is 1.65. The third-order valence-electron chi connectivity index (χ3n) is 9.03. The average molecular weight is 828 g/mol. The lowest BCUT2D eigenvalue weighted by atomic mass is 9.93. The first-order valence-electron chi connectivity index (χ1n) is 18.9. The third-order valence-corrected chi connectivity index (χ3v) is 10.5. The van der Waals surface area contributed by atoms with E-state index in [0.717, 1.165) is 18.6 Å². The summed E-state index contributed by atoms with van der Waals surface area (Å²) in [6.07, 6.45) is 3.30. The summed E-state index contributed by atoms with van der Waals surface area (Å²) in [6.45, 7) is 2.13. The summed E-state index contributed by atoms with van der Waals surface area (Å²) in [6, 6.07) is -2.39. The normalized spacial score (nSPS) is 18.4. The monoisotopic (exact) mass is 827 g/mol. The lowest BCUT2D eigenvalue weighted by Crippen LogP contribution is -2.53. The molecule has 0 aromatic heterocycles. The average Bonchev–Trinajstić information content (AvgIpc) is 3.70. The number of nitrogens with one attached hydrogen (secondary N) is 9. The molecule has 2 fully saturated rings. The lowest BCUT2D eigenvalue weighted by molar-refractivity contribution is -0.136. The molecule has 0 bridgehead atoms. The van der Waals surface area contributed by atoms with Gasteiger partial charge in [0.25, 0.3) is 0 Å². The molecule has 0 aromatic rings. The smallest absolute Gasteiger partial charge is 0.315 e. The van der Waals surface area contributed by atoms with Gasteiger partial charge in [-0.05, 0) is 44.4 Å². The van der Waals surface area contributed by atoms with Crippen molar-refractivity contribution in [2.24, 2.45) is 23.3 Å². The Morgan fingerprint density at radius 1 is 0.754 bits per heavy atom. The number of fused-ring (bicyclic) bond motifs is 1. The Bertz CT molecular complexity index is 1470.